The lowest BCUT2D eigenvalue weighted by Gasteiger charge is -2.26. The van der Waals surface area contributed by atoms with Crippen LogP contribution in [0.5, 0.6) is 5.75 Å². The molecule has 0 saturated carbocycles. The number of rotatable bonds is 5. The molecule has 0 atom stereocenters. The molecule has 0 aliphatic carbocycles. The third-order valence-corrected chi connectivity index (χ3v) is 3.42. The molecule has 0 fully saturated rings. The maximum Gasteiger partial charge on any atom is 0.254 e. The number of hydrogen-bond donors (Lipinski definition) is 1. The van der Waals surface area contributed by atoms with E-state index >= 15 is 0 Å². The zero-order chi connectivity index (χ0) is 13.7. The molecule has 100 valence electrons. The third kappa shape index (κ3) is 3.73. The molecule has 0 bridgehead atoms. The molecule has 0 aromatic heterocycles. The van der Waals surface area contributed by atoms with Crippen LogP contribution >= 0.6 is 15.9 Å². The van der Waals surface area contributed by atoms with Crippen molar-refractivity contribution in [3.63, 3.8) is 0 Å². The number of benzene rings is 1. The molecule has 1 aromatic rings. The first-order valence-corrected chi connectivity index (χ1v) is 7.26. The smallest absolute Gasteiger partial charge is 0.254 e. The predicted octanol–water partition coefficient (Wildman–Crippen LogP) is 3.34. The molecule has 0 radical (unpaired) electrons. The minimum Gasteiger partial charge on any atom is -0.508 e. The van der Waals surface area contributed by atoms with Gasteiger partial charge in [-0.25, -0.2) is 0 Å². The fraction of sp³-hybridized carbons (Fsp3) is 0.500. The highest BCUT2D eigenvalue weighted by Crippen LogP contribution is 2.19. The topological polar surface area (TPSA) is 40.5 Å². The monoisotopic (exact) mass is 313 g/mol. The molecule has 1 aromatic carbocycles. The minimum atomic E-state index is 0.0223. The fourth-order valence-corrected chi connectivity index (χ4v) is 2.03. The number of phenols is 1. The Bertz CT molecular complexity index is 418. The van der Waals surface area contributed by atoms with Crippen LogP contribution in [0.3, 0.4) is 0 Å². The Morgan fingerprint density at radius 1 is 1.44 bits per heavy atom. The standard InChI is InChI=1S/C14H20BrNO2/c1-10(2)16(8-4-7-15)14(18)12-5-6-13(17)11(3)9-12/h5-6,9-10,17H,4,7-8H2,1-3H3. The number of aromatic hydroxyl groups is 1. The average Bonchev–Trinajstić information content (AvgIpc) is 2.32. The maximum atomic E-state index is 12.4. The van der Waals surface area contributed by atoms with Gasteiger partial charge in [-0.3, -0.25) is 4.79 Å². The van der Waals surface area contributed by atoms with Crippen LogP contribution in [0, 0.1) is 6.92 Å². The lowest BCUT2D eigenvalue weighted by atomic mass is 10.1. The van der Waals surface area contributed by atoms with E-state index in [2.05, 4.69) is 15.9 Å². The summed E-state index contributed by atoms with van der Waals surface area (Å²) in [4.78, 5) is 14.2. The molecule has 0 unspecified atom stereocenters. The lowest BCUT2D eigenvalue weighted by molar-refractivity contribution is 0.0706. The first kappa shape index (κ1) is 15.0. The molecule has 1 rings (SSSR count). The second kappa shape index (κ2) is 6.78. The van der Waals surface area contributed by atoms with E-state index in [1.165, 1.54) is 0 Å². The van der Waals surface area contributed by atoms with E-state index in [1.807, 2.05) is 18.7 Å². The van der Waals surface area contributed by atoms with Crippen molar-refractivity contribution >= 4 is 21.8 Å². The van der Waals surface area contributed by atoms with Crippen LogP contribution in [0.25, 0.3) is 0 Å². The van der Waals surface area contributed by atoms with Crippen molar-refractivity contribution in [2.24, 2.45) is 0 Å². The van der Waals surface area contributed by atoms with Gasteiger partial charge >= 0.3 is 0 Å². The largest absolute Gasteiger partial charge is 0.508 e. The van der Waals surface area contributed by atoms with Gasteiger partial charge in [-0.2, -0.15) is 0 Å². The highest BCUT2D eigenvalue weighted by atomic mass is 79.9. The molecule has 18 heavy (non-hydrogen) atoms. The van der Waals surface area contributed by atoms with E-state index in [4.69, 9.17) is 0 Å². The zero-order valence-electron chi connectivity index (χ0n) is 11.1. The van der Waals surface area contributed by atoms with Crippen molar-refractivity contribution in [2.45, 2.75) is 33.2 Å². The third-order valence-electron chi connectivity index (χ3n) is 2.86. The van der Waals surface area contributed by atoms with Crippen LogP contribution < -0.4 is 0 Å². The van der Waals surface area contributed by atoms with Crippen molar-refractivity contribution in [3.05, 3.63) is 29.3 Å². The quantitative estimate of drug-likeness (QED) is 0.847. The molecule has 0 heterocycles. The van der Waals surface area contributed by atoms with E-state index in [1.54, 1.807) is 25.1 Å². The summed E-state index contributed by atoms with van der Waals surface area (Å²) in [7, 11) is 0. The Kier molecular flexibility index (Phi) is 5.66. The zero-order valence-corrected chi connectivity index (χ0v) is 12.7. The van der Waals surface area contributed by atoms with Gasteiger partial charge in [0.1, 0.15) is 5.75 Å². The number of hydrogen-bond acceptors (Lipinski definition) is 2. The van der Waals surface area contributed by atoms with Crippen molar-refractivity contribution in [1.82, 2.24) is 4.90 Å². The molecule has 0 spiro atoms. The van der Waals surface area contributed by atoms with Crippen LogP contribution in [-0.2, 0) is 0 Å². The van der Waals surface area contributed by atoms with Gasteiger partial charge in [0, 0.05) is 23.5 Å². The normalized spacial score (nSPS) is 10.7. The summed E-state index contributed by atoms with van der Waals surface area (Å²) >= 11 is 3.38. The van der Waals surface area contributed by atoms with Crippen molar-refractivity contribution in [3.8, 4) is 5.75 Å². The van der Waals surface area contributed by atoms with Gasteiger partial charge in [0.25, 0.3) is 5.91 Å². The van der Waals surface area contributed by atoms with Crippen LogP contribution in [-0.4, -0.2) is 33.8 Å². The molecule has 1 N–H and O–H groups in total. The summed E-state index contributed by atoms with van der Waals surface area (Å²) in [6.07, 6.45) is 0.932. The summed E-state index contributed by atoms with van der Waals surface area (Å²) in [5.74, 6) is 0.247. The van der Waals surface area contributed by atoms with E-state index in [0.717, 1.165) is 23.9 Å². The van der Waals surface area contributed by atoms with Gasteiger partial charge < -0.3 is 10.0 Å². The SMILES string of the molecule is Cc1cc(C(=O)N(CCCBr)C(C)C)ccc1O. The number of nitrogens with zero attached hydrogens (tertiary/aromatic N) is 1. The number of carbonyl (C=O) groups excluding carboxylic acids is 1. The first-order chi connectivity index (χ1) is 8.47. The fourth-order valence-electron chi connectivity index (χ4n) is 1.78. The molecule has 0 aliphatic heterocycles. The molecule has 0 aliphatic rings. The Hall–Kier alpha value is -1.03. The molecule has 1 amide bonds. The van der Waals surface area contributed by atoms with Crippen LogP contribution in [0.1, 0.15) is 36.2 Å². The van der Waals surface area contributed by atoms with Gasteiger partial charge in [0.15, 0.2) is 0 Å². The van der Waals surface area contributed by atoms with Gasteiger partial charge in [-0.05, 0) is 51.0 Å². The number of alkyl halides is 1. The van der Waals surface area contributed by atoms with Crippen molar-refractivity contribution in [2.75, 3.05) is 11.9 Å². The maximum absolute atomic E-state index is 12.4. The number of halogens is 1. The second-order valence-electron chi connectivity index (χ2n) is 4.64. The van der Waals surface area contributed by atoms with Crippen LogP contribution in [0.15, 0.2) is 18.2 Å². The Morgan fingerprint density at radius 3 is 2.61 bits per heavy atom. The van der Waals surface area contributed by atoms with Crippen molar-refractivity contribution < 1.29 is 9.90 Å². The minimum absolute atomic E-state index is 0.0223. The molecule has 0 saturated heterocycles. The summed E-state index contributed by atoms with van der Waals surface area (Å²) in [6, 6.07) is 5.16. The second-order valence-corrected chi connectivity index (χ2v) is 5.43. The predicted molar refractivity (Wildman–Crippen MR) is 77.4 cm³/mol. The van der Waals surface area contributed by atoms with E-state index in [-0.39, 0.29) is 17.7 Å². The van der Waals surface area contributed by atoms with E-state index in [9.17, 15) is 9.90 Å². The summed E-state index contributed by atoms with van der Waals surface area (Å²) in [5.41, 5.74) is 1.36. The Balaban J connectivity index is 2.91. The summed E-state index contributed by atoms with van der Waals surface area (Å²) in [5, 5.41) is 10.4. The van der Waals surface area contributed by atoms with Crippen LogP contribution in [0.2, 0.25) is 0 Å². The summed E-state index contributed by atoms with van der Waals surface area (Å²) < 4.78 is 0. The molecule has 3 nitrogen and oxygen atoms in total. The molecular weight excluding hydrogens is 294 g/mol. The molecule has 4 heteroatoms. The lowest BCUT2D eigenvalue weighted by Crippen LogP contribution is -2.37. The van der Waals surface area contributed by atoms with Crippen LogP contribution in [0.4, 0.5) is 0 Å². The van der Waals surface area contributed by atoms with E-state index < -0.39 is 0 Å². The Morgan fingerprint density at radius 2 is 2.11 bits per heavy atom. The number of aryl methyl sites for hydroxylation is 1. The van der Waals surface area contributed by atoms with Gasteiger partial charge in [-0.15, -0.1) is 0 Å². The first-order valence-electron chi connectivity index (χ1n) is 6.14. The average molecular weight is 314 g/mol. The van der Waals surface area contributed by atoms with Gasteiger partial charge in [0.05, 0.1) is 0 Å². The van der Waals surface area contributed by atoms with Crippen molar-refractivity contribution in [1.29, 1.82) is 0 Å². The number of phenolic OH excluding ortho intramolecular Hbond substituents is 1. The highest BCUT2D eigenvalue weighted by molar-refractivity contribution is 9.09. The van der Waals surface area contributed by atoms with E-state index in [0.29, 0.717) is 5.56 Å². The molecular formula is C14H20BrNO2. The number of amides is 1. The summed E-state index contributed by atoms with van der Waals surface area (Å²) in [6.45, 7) is 6.56. The Labute approximate surface area is 117 Å². The van der Waals surface area contributed by atoms with Gasteiger partial charge in [0.2, 0.25) is 0 Å². The van der Waals surface area contributed by atoms with Gasteiger partial charge in [-0.1, -0.05) is 15.9 Å². The highest BCUT2D eigenvalue weighted by Gasteiger charge is 2.18. The number of carbonyl (C=O) groups is 1.